The Morgan fingerprint density at radius 2 is 1.61 bits per heavy atom. The average Bonchev–Trinajstić information content (AvgIpc) is 2.32. The van der Waals surface area contributed by atoms with E-state index in [1.807, 2.05) is 0 Å². The first-order valence-corrected chi connectivity index (χ1v) is 6.05. The molecule has 0 N–H and O–H groups in total. The summed E-state index contributed by atoms with van der Waals surface area (Å²) in [6.45, 7) is 1.80. The van der Waals surface area contributed by atoms with Crippen LogP contribution in [0, 0.1) is 18.6 Å². The first-order chi connectivity index (χ1) is 8.52. The minimum Gasteiger partial charge on any atom is -0.288 e. The molecule has 0 atom stereocenters. The highest BCUT2D eigenvalue weighted by Gasteiger charge is 2.20. The van der Waals surface area contributed by atoms with E-state index in [0.29, 0.717) is 4.47 Å². The van der Waals surface area contributed by atoms with E-state index in [0.717, 1.165) is 17.7 Å². The molecule has 2 rings (SSSR count). The number of carbonyl (C=O) groups is 1. The molecule has 0 aliphatic carbocycles. The number of benzene rings is 2. The van der Waals surface area contributed by atoms with Crippen LogP contribution < -0.4 is 0 Å². The quantitative estimate of drug-likeness (QED) is 0.757. The van der Waals surface area contributed by atoms with Crippen molar-refractivity contribution in [1.82, 2.24) is 0 Å². The topological polar surface area (TPSA) is 17.1 Å². The zero-order valence-corrected chi connectivity index (χ0v) is 11.1. The predicted molar refractivity (Wildman–Crippen MR) is 68.7 cm³/mol. The molecule has 0 unspecified atom stereocenters. The monoisotopic (exact) mass is 310 g/mol. The van der Waals surface area contributed by atoms with Crippen molar-refractivity contribution in [2.45, 2.75) is 6.92 Å². The fourth-order valence-electron chi connectivity index (χ4n) is 1.67. The molecule has 0 aliphatic rings. The lowest BCUT2D eigenvalue weighted by atomic mass is 10.0. The Balaban J connectivity index is 2.59. The highest BCUT2D eigenvalue weighted by Crippen LogP contribution is 2.25. The molecule has 0 aromatic heterocycles. The summed E-state index contributed by atoms with van der Waals surface area (Å²) >= 11 is 3.26. The molecule has 2 aromatic carbocycles. The second-order valence-corrected chi connectivity index (χ2v) is 4.66. The van der Waals surface area contributed by atoms with Crippen LogP contribution in [0.5, 0.6) is 0 Å². The smallest absolute Gasteiger partial charge is 0.200 e. The molecule has 1 nitrogen and oxygen atoms in total. The van der Waals surface area contributed by atoms with Crippen molar-refractivity contribution < 1.29 is 13.6 Å². The molecule has 0 radical (unpaired) electrons. The molecule has 0 aliphatic heterocycles. The summed E-state index contributed by atoms with van der Waals surface area (Å²) in [4.78, 5) is 12.2. The van der Waals surface area contributed by atoms with Crippen LogP contribution in [0.2, 0.25) is 0 Å². The predicted octanol–water partition coefficient (Wildman–Crippen LogP) is 4.27. The Labute approximate surface area is 112 Å². The molecule has 0 amide bonds. The van der Waals surface area contributed by atoms with Gasteiger partial charge in [-0.05, 0) is 46.6 Å². The SMILES string of the molecule is Cc1cccc(C(=O)c2c(F)cccc2F)c1Br. The van der Waals surface area contributed by atoms with Crippen molar-refractivity contribution in [2.75, 3.05) is 0 Å². The van der Waals surface area contributed by atoms with Crippen LogP contribution in [0.25, 0.3) is 0 Å². The lowest BCUT2D eigenvalue weighted by Crippen LogP contribution is -2.08. The second-order valence-electron chi connectivity index (χ2n) is 3.86. The number of carbonyl (C=O) groups excluding carboxylic acids is 1. The third-order valence-corrected chi connectivity index (χ3v) is 3.68. The molecule has 0 heterocycles. The lowest BCUT2D eigenvalue weighted by Gasteiger charge is -2.07. The van der Waals surface area contributed by atoms with Crippen molar-refractivity contribution in [3.63, 3.8) is 0 Å². The number of hydrogen-bond donors (Lipinski definition) is 0. The minimum absolute atomic E-state index is 0.249. The van der Waals surface area contributed by atoms with Gasteiger partial charge in [0, 0.05) is 10.0 Å². The molecule has 0 saturated heterocycles. The Morgan fingerprint density at radius 3 is 2.22 bits per heavy atom. The van der Waals surface area contributed by atoms with Gasteiger partial charge in [-0.2, -0.15) is 0 Å². The molecular weight excluding hydrogens is 302 g/mol. The van der Waals surface area contributed by atoms with Gasteiger partial charge in [0.25, 0.3) is 0 Å². The van der Waals surface area contributed by atoms with Crippen LogP contribution in [0.1, 0.15) is 21.5 Å². The number of ketones is 1. The first-order valence-electron chi connectivity index (χ1n) is 5.26. The van der Waals surface area contributed by atoms with Gasteiger partial charge in [-0.3, -0.25) is 4.79 Å². The van der Waals surface area contributed by atoms with Gasteiger partial charge in [-0.25, -0.2) is 8.78 Å². The van der Waals surface area contributed by atoms with Crippen LogP contribution in [0.3, 0.4) is 0 Å². The number of aryl methyl sites for hydroxylation is 1. The maximum absolute atomic E-state index is 13.5. The highest BCUT2D eigenvalue weighted by atomic mass is 79.9. The summed E-state index contributed by atoms with van der Waals surface area (Å²) in [5.41, 5.74) is 0.556. The lowest BCUT2D eigenvalue weighted by molar-refractivity contribution is 0.103. The Kier molecular flexibility index (Phi) is 3.57. The third kappa shape index (κ3) is 2.20. The van der Waals surface area contributed by atoms with Gasteiger partial charge in [-0.15, -0.1) is 0 Å². The van der Waals surface area contributed by atoms with Gasteiger partial charge in [0.2, 0.25) is 0 Å². The van der Waals surface area contributed by atoms with E-state index < -0.39 is 23.0 Å². The zero-order chi connectivity index (χ0) is 13.3. The van der Waals surface area contributed by atoms with E-state index >= 15 is 0 Å². The summed E-state index contributed by atoms with van der Waals surface area (Å²) in [7, 11) is 0. The normalized spacial score (nSPS) is 10.4. The molecule has 0 spiro atoms. The maximum Gasteiger partial charge on any atom is 0.200 e. The summed E-state index contributed by atoms with van der Waals surface area (Å²) in [5, 5.41) is 0. The van der Waals surface area contributed by atoms with Crippen LogP contribution >= 0.6 is 15.9 Å². The van der Waals surface area contributed by atoms with E-state index in [1.165, 1.54) is 12.1 Å². The van der Waals surface area contributed by atoms with Gasteiger partial charge in [0.1, 0.15) is 11.6 Å². The Bertz CT molecular complexity index is 603. The molecule has 4 heteroatoms. The van der Waals surface area contributed by atoms with Gasteiger partial charge in [-0.1, -0.05) is 18.2 Å². The highest BCUT2D eigenvalue weighted by molar-refractivity contribution is 9.10. The first kappa shape index (κ1) is 12.9. The summed E-state index contributed by atoms with van der Waals surface area (Å²) < 4.78 is 27.6. The number of hydrogen-bond acceptors (Lipinski definition) is 1. The molecule has 18 heavy (non-hydrogen) atoms. The van der Waals surface area contributed by atoms with E-state index in [2.05, 4.69) is 15.9 Å². The molecule has 0 saturated carbocycles. The minimum atomic E-state index is -0.853. The van der Waals surface area contributed by atoms with Gasteiger partial charge in [0.05, 0.1) is 5.56 Å². The molecule has 0 fully saturated rings. The number of rotatable bonds is 2. The molecule has 2 aromatic rings. The molecular formula is C14H9BrF2O. The van der Waals surface area contributed by atoms with Crippen molar-refractivity contribution in [3.05, 3.63) is 69.2 Å². The average molecular weight is 311 g/mol. The van der Waals surface area contributed by atoms with Gasteiger partial charge in [0.15, 0.2) is 5.78 Å². The standard InChI is InChI=1S/C14H9BrF2O/c1-8-4-2-5-9(13(8)15)14(18)12-10(16)6-3-7-11(12)17/h2-7H,1H3. The largest absolute Gasteiger partial charge is 0.288 e. The molecule has 92 valence electrons. The summed E-state index contributed by atoms with van der Waals surface area (Å²) in [5.74, 6) is -2.37. The van der Waals surface area contributed by atoms with E-state index in [-0.39, 0.29) is 5.56 Å². The van der Waals surface area contributed by atoms with E-state index in [4.69, 9.17) is 0 Å². The van der Waals surface area contributed by atoms with Gasteiger partial charge >= 0.3 is 0 Å². The van der Waals surface area contributed by atoms with Crippen molar-refractivity contribution in [1.29, 1.82) is 0 Å². The Morgan fingerprint density at radius 1 is 1.06 bits per heavy atom. The zero-order valence-electron chi connectivity index (χ0n) is 9.51. The fourth-order valence-corrected chi connectivity index (χ4v) is 2.12. The van der Waals surface area contributed by atoms with Crippen molar-refractivity contribution in [2.24, 2.45) is 0 Å². The maximum atomic E-state index is 13.5. The van der Waals surface area contributed by atoms with Gasteiger partial charge < -0.3 is 0 Å². The second kappa shape index (κ2) is 4.98. The Hall–Kier alpha value is -1.55. The molecule has 0 bridgehead atoms. The number of halogens is 3. The van der Waals surface area contributed by atoms with Crippen LogP contribution in [0.15, 0.2) is 40.9 Å². The van der Waals surface area contributed by atoms with Crippen LogP contribution in [-0.2, 0) is 0 Å². The summed E-state index contributed by atoms with van der Waals surface area (Å²) in [6.07, 6.45) is 0. The van der Waals surface area contributed by atoms with Crippen molar-refractivity contribution >= 4 is 21.7 Å². The summed E-state index contributed by atoms with van der Waals surface area (Å²) in [6, 6.07) is 8.38. The third-order valence-electron chi connectivity index (χ3n) is 2.63. The van der Waals surface area contributed by atoms with Crippen LogP contribution in [-0.4, -0.2) is 5.78 Å². The van der Waals surface area contributed by atoms with Crippen molar-refractivity contribution in [3.8, 4) is 0 Å². The van der Waals surface area contributed by atoms with E-state index in [9.17, 15) is 13.6 Å². The fraction of sp³-hybridized carbons (Fsp3) is 0.0714. The van der Waals surface area contributed by atoms with Crippen LogP contribution in [0.4, 0.5) is 8.78 Å². The van der Waals surface area contributed by atoms with E-state index in [1.54, 1.807) is 19.1 Å².